The summed E-state index contributed by atoms with van der Waals surface area (Å²) in [5, 5.41) is 0. The Bertz CT molecular complexity index is 834. The second kappa shape index (κ2) is 8.04. The smallest absolute Gasteiger partial charge is 0.240 e. The Morgan fingerprint density at radius 3 is 2.27 bits per heavy atom. The molecule has 0 aliphatic carbocycles. The third kappa shape index (κ3) is 4.82. The molecule has 0 bridgehead atoms. The van der Waals surface area contributed by atoms with Crippen LogP contribution in [0.3, 0.4) is 0 Å². The van der Waals surface area contributed by atoms with Crippen LogP contribution in [0, 0.1) is 11.6 Å². The minimum absolute atomic E-state index is 0.149. The third-order valence-electron chi connectivity index (χ3n) is 4.21. The lowest BCUT2D eigenvalue weighted by Gasteiger charge is -2.36. The molecule has 1 aliphatic heterocycles. The summed E-state index contributed by atoms with van der Waals surface area (Å²) < 4.78 is 59.3. The van der Waals surface area contributed by atoms with Gasteiger partial charge in [0.15, 0.2) is 0 Å². The van der Waals surface area contributed by atoms with Gasteiger partial charge in [0.25, 0.3) is 0 Å². The van der Waals surface area contributed by atoms with Gasteiger partial charge in [-0.25, -0.2) is 21.9 Å². The van der Waals surface area contributed by atoms with Crippen LogP contribution in [-0.4, -0.2) is 32.9 Å². The summed E-state index contributed by atoms with van der Waals surface area (Å²) in [6.07, 6.45) is 1.35. The molecule has 4 nitrogen and oxygen atoms in total. The second-order valence-corrected chi connectivity index (χ2v) is 9.45. The van der Waals surface area contributed by atoms with Crippen LogP contribution in [0.15, 0.2) is 58.3 Å². The van der Waals surface area contributed by atoms with E-state index < -0.39 is 26.6 Å². The Balaban J connectivity index is 1.79. The molecular formula is C18H19F2NO3S2. The van der Waals surface area contributed by atoms with E-state index in [0.29, 0.717) is 32.1 Å². The van der Waals surface area contributed by atoms with Crippen molar-refractivity contribution in [1.82, 2.24) is 4.72 Å². The lowest BCUT2D eigenvalue weighted by atomic mass is 9.99. The van der Waals surface area contributed by atoms with Gasteiger partial charge in [0.2, 0.25) is 10.0 Å². The maximum absolute atomic E-state index is 13.4. The second-order valence-electron chi connectivity index (χ2n) is 6.14. The van der Waals surface area contributed by atoms with E-state index in [1.54, 1.807) is 11.8 Å². The Labute approximate surface area is 156 Å². The largest absolute Gasteiger partial charge is 0.381 e. The zero-order valence-electron chi connectivity index (χ0n) is 14.0. The highest BCUT2D eigenvalue weighted by Crippen LogP contribution is 2.40. The molecule has 3 rings (SSSR count). The SMILES string of the molecule is O=S(=O)(NCC1(Sc2ccccc2)CCOCC1)c1cc(F)cc(F)c1. The van der Waals surface area contributed by atoms with E-state index in [2.05, 4.69) is 4.72 Å². The van der Waals surface area contributed by atoms with E-state index in [1.165, 1.54) is 0 Å². The summed E-state index contributed by atoms with van der Waals surface area (Å²) >= 11 is 1.60. The number of hydrogen-bond donors (Lipinski definition) is 1. The minimum atomic E-state index is -4.02. The molecule has 0 aromatic heterocycles. The van der Waals surface area contributed by atoms with Gasteiger partial charge in [-0.15, -0.1) is 11.8 Å². The Morgan fingerprint density at radius 2 is 1.65 bits per heavy atom. The van der Waals surface area contributed by atoms with E-state index in [-0.39, 0.29) is 11.3 Å². The van der Waals surface area contributed by atoms with Crippen LogP contribution in [0.5, 0.6) is 0 Å². The van der Waals surface area contributed by atoms with Crippen molar-refractivity contribution in [3.05, 3.63) is 60.2 Å². The van der Waals surface area contributed by atoms with Gasteiger partial charge in [-0.2, -0.15) is 0 Å². The van der Waals surface area contributed by atoms with Gasteiger partial charge in [0.1, 0.15) is 11.6 Å². The van der Waals surface area contributed by atoms with Crippen LogP contribution in [0.1, 0.15) is 12.8 Å². The number of rotatable bonds is 6. The summed E-state index contributed by atoms with van der Waals surface area (Å²) in [5.41, 5.74) is 0. The van der Waals surface area contributed by atoms with Crippen molar-refractivity contribution in [2.24, 2.45) is 0 Å². The Hall–Kier alpha value is -1.48. The fraction of sp³-hybridized carbons (Fsp3) is 0.333. The summed E-state index contributed by atoms with van der Waals surface area (Å²) in [6.45, 7) is 1.22. The maximum atomic E-state index is 13.4. The van der Waals surface area contributed by atoms with Crippen molar-refractivity contribution < 1.29 is 21.9 Å². The van der Waals surface area contributed by atoms with Crippen LogP contribution < -0.4 is 4.72 Å². The fourth-order valence-electron chi connectivity index (χ4n) is 2.79. The molecule has 2 aromatic rings. The molecule has 0 amide bonds. The lowest BCUT2D eigenvalue weighted by molar-refractivity contribution is 0.0784. The van der Waals surface area contributed by atoms with Crippen molar-refractivity contribution in [3.63, 3.8) is 0 Å². The molecule has 26 heavy (non-hydrogen) atoms. The highest BCUT2D eigenvalue weighted by Gasteiger charge is 2.35. The molecule has 1 N–H and O–H groups in total. The van der Waals surface area contributed by atoms with E-state index in [9.17, 15) is 17.2 Å². The summed E-state index contributed by atoms with van der Waals surface area (Å²) in [6, 6.07) is 12.0. The molecular weight excluding hydrogens is 380 g/mol. The van der Waals surface area contributed by atoms with Gasteiger partial charge in [0, 0.05) is 35.5 Å². The van der Waals surface area contributed by atoms with Crippen molar-refractivity contribution in [3.8, 4) is 0 Å². The molecule has 2 aromatic carbocycles. The number of benzene rings is 2. The van der Waals surface area contributed by atoms with Crippen LogP contribution in [0.25, 0.3) is 0 Å². The monoisotopic (exact) mass is 399 g/mol. The van der Waals surface area contributed by atoms with Crippen molar-refractivity contribution in [2.75, 3.05) is 19.8 Å². The van der Waals surface area contributed by atoms with E-state index in [1.807, 2.05) is 30.3 Å². The van der Waals surface area contributed by atoms with Gasteiger partial charge in [-0.05, 0) is 37.1 Å². The molecule has 0 atom stereocenters. The quantitative estimate of drug-likeness (QED) is 0.807. The summed E-state index contributed by atoms with van der Waals surface area (Å²) in [5.74, 6) is -1.85. The van der Waals surface area contributed by atoms with Gasteiger partial charge in [0.05, 0.1) is 4.90 Å². The van der Waals surface area contributed by atoms with E-state index >= 15 is 0 Å². The molecule has 0 saturated carbocycles. The zero-order valence-corrected chi connectivity index (χ0v) is 15.6. The number of thioether (sulfide) groups is 1. The summed E-state index contributed by atoms with van der Waals surface area (Å²) in [4.78, 5) is 0.618. The first-order chi connectivity index (χ1) is 12.4. The normalized spacial score (nSPS) is 17.2. The maximum Gasteiger partial charge on any atom is 0.240 e. The van der Waals surface area contributed by atoms with Crippen LogP contribution in [0.4, 0.5) is 8.78 Å². The average Bonchev–Trinajstić information content (AvgIpc) is 2.61. The molecule has 0 radical (unpaired) electrons. The number of nitrogens with one attached hydrogen (secondary N) is 1. The van der Waals surface area contributed by atoms with Crippen LogP contribution >= 0.6 is 11.8 Å². The molecule has 0 spiro atoms. The first kappa shape index (κ1) is 19.3. The number of hydrogen-bond acceptors (Lipinski definition) is 4. The van der Waals surface area contributed by atoms with Gasteiger partial charge >= 0.3 is 0 Å². The first-order valence-electron chi connectivity index (χ1n) is 8.16. The summed E-state index contributed by atoms with van der Waals surface area (Å²) in [7, 11) is -4.02. The number of halogens is 2. The molecule has 1 heterocycles. The molecule has 140 valence electrons. The van der Waals surface area contributed by atoms with Gasteiger partial charge in [-0.1, -0.05) is 18.2 Å². The van der Waals surface area contributed by atoms with Crippen LogP contribution in [-0.2, 0) is 14.8 Å². The Kier molecular flexibility index (Phi) is 5.96. The highest BCUT2D eigenvalue weighted by atomic mass is 32.2. The van der Waals surface area contributed by atoms with Crippen molar-refractivity contribution in [2.45, 2.75) is 27.4 Å². The Morgan fingerprint density at radius 1 is 1.04 bits per heavy atom. The van der Waals surface area contributed by atoms with E-state index in [4.69, 9.17) is 4.74 Å². The molecule has 1 saturated heterocycles. The number of sulfonamides is 1. The minimum Gasteiger partial charge on any atom is -0.381 e. The highest BCUT2D eigenvalue weighted by molar-refractivity contribution is 8.00. The molecule has 8 heteroatoms. The third-order valence-corrected chi connectivity index (χ3v) is 7.09. The number of ether oxygens (including phenoxy) is 1. The predicted molar refractivity (Wildman–Crippen MR) is 96.6 cm³/mol. The van der Waals surface area contributed by atoms with Crippen molar-refractivity contribution >= 4 is 21.8 Å². The van der Waals surface area contributed by atoms with E-state index in [0.717, 1.165) is 17.0 Å². The van der Waals surface area contributed by atoms with Gasteiger partial charge in [-0.3, -0.25) is 0 Å². The van der Waals surface area contributed by atoms with Crippen LogP contribution in [0.2, 0.25) is 0 Å². The molecule has 1 fully saturated rings. The topological polar surface area (TPSA) is 55.4 Å². The average molecular weight is 399 g/mol. The molecule has 1 aliphatic rings. The molecule has 0 unspecified atom stereocenters. The fourth-order valence-corrected chi connectivity index (χ4v) is 5.36. The lowest BCUT2D eigenvalue weighted by Crippen LogP contribution is -2.44. The standard InChI is InChI=1S/C18H19F2NO3S2/c19-14-10-15(20)12-17(11-14)26(22,23)21-13-18(6-8-24-9-7-18)25-16-4-2-1-3-5-16/h1-5,10-12,21H,6-9,13H2. The van der Waals surface area contributed by atoms with Crippen molar-refractivity contribution in [1.29, 1.82) is 0 Å². The predicted octanol–water partition coefficient (Wildman–Crippen LogP) is 3.58. The zero-order chi connectivity index (χ0) is 18.6. The van der Waals surface area contributed by atoms with Gasteiger partial charge < -0.3 is 4.74 Å². The first-order valence-corrected chi connectivity index (χ1v) is 10.5.